The smallest absolute Gasteiger partial charge is 0.371 e. The van der Waals surface area contributed by atoms with Gasteiger partial charge in [0.25, 0.3) is 11.4 Å². The summed E-state index contributed by atoms with van der Waals surface area (Å²) in [6.45, 7) is 9.65. The maximum atomic E-state index is 4.71. The summed E-state index contributed by atoms with van der Waals surface area (Å²) >= 11 is 0. The van der Waals surface area contributed by atoms with Crippen LogP contribution in [0.15, 0.2) is 97.3 Å². The van der Waals surface area contributed by atoms with Gasteiger partial charge in [-0.3, -0.25) is 0 Å². The predicted octanol–water partition coefficient (Wildman–Crippen LogP) is 8.89. The van der Waals surface area contributed by atoms with Crippen LogP contribution in [0.25, 0.3) is 33.2 Å². The second-order valence-electron chi connectivity index (χ2n) is 10.9. The van der Waals surface area contributed by atoms with Gasteiger partial charge in [0.2, 0.25) is 0 Å². The third kappa shape index (κ3) is 6.00. The number of aromatic nitrogens is 3. The summed E-state index contributed by atoms with van der Waals surface area (Å²) in [4.78, 5) is 9.02. The van der Waals surface area contributed by atoms with Gasteiger partial charge >= 0.3 is 6.01 Å². The number of benzene rings is 3. The van der Waals surface area contributed by atoms with Gasteiger partial charge in [-0.05, 0) is 38.1 Å². The molecular weight excluding hydrogens is 707 g/mol. The quantitative estimate of drug-likeness (QED) is 0.126. The van der Waals surface area contributed by atoms with E-state index >= 15 is 0 Å². The van der Waals surface area contributed by atoms with Crippen molar-refractivity contribution in [1.29, 1.82) is 0 Å². The molecule has 0 spiro atoms. The molecule has 0 N–H and O–H groups in total. The largest absolute Gasteiger partial charge is 0.494 e. The number of unbranched alkanes of at least 4 members (excludes halogenated alkanes) is 1. The van der Waals surface area contributed by atoms with Crippen LogP contribution in [-0.4, -0.2) is 31.7 Å². The minimum absolute atomic E-state index is 0. The van der Waals surface area contributed by atoms with Crippen molar-refractivity contribution in [3.63, 3.8) is 0 Å². The second kappa shape index (κ2) is 13.4. The second-order valence-corrected chi connectivity index (χ2v) is 10.9. The number of para-hydroxylation sites is 2. The molecular formula is C37H35IrN5. The Labute approximate surface area is 267 Å². The molecule has 0 unspecified atom stereocenters. The summed E-state index contributed by atoms with van der Waals surface area (Å²) < 4.78 is 6.74. The van der Waals surface area contributed by atoms with Crippen molar-refractivity contribution >= 4 is 45.0 Å². The topological polar surface area (TPSA) is 36.7 Å². The van der Waals surface area contributed by atoms with Crippen molar-refractivity contribution in [2.75, 3.05) is 6.54 Å². The molecule has 43 heavy (non-hydrogen) atoms. The molecule has 4 heterocycles. The SMILES string of the molecule is CCCC[N+]1=C=[N+](c2[c-]ccc3c4cccnc4n(C(C)C)c23)c2ccccc21.Cc1ccc(-c2[c-]cccc2)nc1.[Ir]. The summed E-state index contributed by atoms with van der Waals surface area (Å²) in [5.41, 5.74) is 8.77. The van der Waals surface area contributed by atoms with Crippen molar-refractivity contribution in [3.8, 4) is 11.3 Å². The third-order valence-corrected chi connectivity index (χ3v) is 7.50. The molecule has 0 bridgehead atoms. The van der Waals surface area contributed by atoms with Crippen LogP contribution in [0.5, 0.6) is 0 Å². The molecule has 0 atom stereocenters. The summed E-state index contributed by atoms with van der Waals surface area (Å²) in [6, 6.07) is 39.4. The van der Waals surface area contributed by atoms with Gasteiger partial charge in [0, 0.05) is 68.0 Å². The maximum Gasteiger partial charge on any atom is 0.494 e. The molecule has 1 aliphatic rings. The molecule has 0 amide bonds. The van der Waals surface area contributed by atoms with E-state index in [-0.39, 0.29) is 26.1 Å². The van der Waals surface area contributed by atoms with Gasteiger partial charge in [-0.15, -0.1) is 42.0 Å². The molecule has 5 nitrogen and oxygen atoms in total. The van der Waals surface area contributed by atoms with E-state index in [1.807, 2.05) is 61.8 Å². The molecule has 6 heteroatoms. The minimum Gasteiger partial charge on any atom is -0.371 e. The van der Waals surface area contributed by atoms with E-state index in [0.29, 0.717) is 0 Å². The standard InChI is InChI=1S/C25H25N4.C12H10N.Ir/c1-4-5-16-27-17-28(22-13-7-6-12-21(22)27)23-14-8-10-19-20-11-9-15-26-25(20)29(18(2)3)24(19)23;1-10-7-8-12(13-9-10)11-5-3-2-4-6-11;/h6-13,15,18H,4-5,16H2,1-3H3;2-5,7-9H,1H3;/q+1;-1;. The monoisotopic (exact) mass is 742 g/mol. The first-order valence-corrected chi connectivity index (χ1v) is 14.7. The van der Waals surface area contributed by atoms with E-state index in [1.54, 1.807) is 0 Å². The maximum absolute atomic E-state index is 4.71. The molecule has 0 fully saturated rings. The van der Waals surface area contributed by atoms with Crippen LogP contribution < -0.4 is 4.58 Å². The zero-order valence-corrected chi connectivity index (χ0v) is 27.4. The average molecular weight is 742 g/mol. The molecule has 3 aromatic carbocycles. The van der Waals surface area contributed by atoms with E-state index in [1.165, 1.54) is 22.0 Å². The molecule has 6 aromatic rings. The van der Waals surface area contributed by atoms with E-state index < -0.39 is 0 Å². The summed E-state index contributed by atoms with van der Waals surface area (Å²) in [6.07, 6.45) is 6.05. The fraction of sp³-hybridized carbons (Fsp3) is 0.216. The van der Waals surface area contributed by atoms with Gasteiger partial charge in [-0.1, -0.05) is 58.2 Å². The number of rotatable bonds is 6. The van der Waals surface area contributed by atoms with Crippen molar-refractivity contribution in [2.45, 2.75) is 46.6 Å². The van der Waals surface area contributed by atoms with Gasteiger partial charge < -0.3 is 9.55 Å². The molecule has 0 saturated heterocycles. The van der Waals surface area contributed by atoms with Crippen molar-refractivity contribution in [1.82, 2.24) is 19.1 Å². The molecule has 217 valence electrons. The molecule has 3 aromatic heterocycles. The third-order valence-electron chi connectivity index (χ3n) is 7.50. The van der Waals surface area contributed by atoms with Crippen LogP contribution in [0.3, 0.4) is 0 Å². The van der Waals surface area contributed by atoms with Crippen molar-refractivity contribution in [3.05, 3.63) is 115 Å². The Bertz CT molecular complexity index is 1930. The van der Waals surface area contributed by atoms with Crippen LogP contribution in [0.2, 0.25) is 0 Å². The Morgan fingerprint density at radius 3 is 2.40 bits per heavy atom. The normalized spacial score (nSPS) is 11.9. The number of fused-ring (bicyclic) bond motifs is 4. The van der Waals surface area contributed by atoms with Crippen molar-refractivity contribution in [2.24, 2.45) is 0 Å². The average Bonchev–Trinajstić information content (AvgIpc) is 3.57. The fourth-order valence-electron chi connectivity index (χ4n) is 5.47. The minimum atomic E-state index is 0. The Morgan fingerprint density at radius 2 is 1.67 bits per heavy atom. The Hall–Kier alpha value is -4.21. The van der Waals surface area contributed by atoms with Gasteiger partial charge in [0.15, 0.2) is 6.54 Å². The van der Waals surface area contributed by atoms with Gasteiger partial charge in [0.05, 0.1) is 0 Å². The molecule has 7 rings (SSSR count). The van der Waals surface area contributed by atoms with Gasteiger partial charge in [-0.25, -0.2) is 4.98 Å². The number of aryl methyl sites for hydroxylation is 1. The van der Waals surface area contributed by atoms with E-state index in [2.05, 4.69) is 100 Å². The number of hydrogen-bond acceptors (Lipinski definition) is 2. The first-order valence-electron chi connectivity index (χ1n) is 14.7. The number of hydrogen-bond donors (Lipinski definition) is 0. The summed E-state index contributed by atoms with van der Waals surface area (Å²) in [5, 5.41) is 2.39. The van der Waals surface area contributed by atoms with E-state index in [0.717, 1.165) is 53.2 Å². The van der Waals surface area contributed by atoms with Crippen molar-refractivity contribution < 1.29 is 24.7 Å². The molecule has 0 aliphatic carbocycles. The van der Waals surface area contributed by atoms with Crippen LogP contribution in [0.1, 0.15) is 45.2 Å². The van der Waals surface area contributed by atoms with Crippen LogP contribution >= 0.6 is 0 Å². The zero-order valence-electron chi connectivity index (χ0n) is 25.0. The Morgan fingerprint density at radius 1 is 0.860 bits per heavy atom. The number of nitrogens with zero attached hydrogens (tertiary/aromatic N) is 5. The Balaban J connectivity index is 0.000000221. The summed E-state index contributed by atoms with van der Waals surface area (Å²) in [7, 11) is 0. The van der Waals surface area contributed by atoms with Crippen LogP contribution in [-0.2, 0) is 20.1 Å². The van der Waals surface area contributed by atoms with E-state index in [4.69, 9.17) is 4.98 Å². The van der Waals surface area contributed by atoms with Crippen LogP contribution in [0, 0.1) is 19.1 Å². The zero-order chi connectivity index (χ0) is 29.1. The molecule has 0 saturated carbocycles. The summed E-state index contributed by atoms with van der Waals surface area (Å²) in [5.74, 6) is 0. The first-order chi connectivity index (χ1) is 20.6. The molecule has 1 radical (unpaired) electrons. The van der Waals surface area contributed by atoms with E-state index in [9.17, 15) is 0 Å². The predicted molar refractivity (Wildman–Crippen MR) is 172 cm³/mol. The molecule has 1 aliphatic heterocycles. The number of pyridine rings is 2. The van der Waals surface area contributed by atoms with Crippen LogP contribution in [0.4, 0.5) is 17.1 Å². The Kier molecular flexibility index (Phi) is 9.43. The first kappa shape index (κ1) is 30.3. The van der Waals surface area contributed by atoms with Gasteiger partial charge in [-0.2, -0.15) is 12.1 Å². The van der Waals surface area contributed by atoms with Gasteiger partial charge in [0.1, 0.15) is 11.3 Å². The fourth-order valence-corrected chi connectivity index (χ4v) is 5.47.